The number of nitrogens with one attached hydrogen (secondary N) is 1. The zero-order valence-corrected chi connectivity index (χ0v) is 11.8. The largest absolute Gasteiger partial charge is 0.494 e. The van der Waals surface area contributed by atoms with Crippen LogP contribution in [0.5, 0.6) is 5.75 Å². The average molecular weight is 301 g/mol. The Morgan fingerprint density at radius 3 is 2.82 bits per heavy atom. The second-order valence-electron chi connectivity index (χ2n) is 4.05. The van der Waals surface area contributed by atoms with Gasteiger partial charge < -0.3 is 10.1 Å². The summed E-state index contributed by atoms with van der Waals surface area (Å²) in [4.78, 5) is 16.0. The number of hydrogen-bond donors (Lipinski definition) is 1. The molecule has 0 aliphatic heterocycles. The van der Waals surface area contributed by atoms with Crippen LogP contribution in [0.2, 0.25) is 0 Å². The summed E-state index contributed by atoms with van der Waals surface area (Å²) in [6, 6.07) is 1.75. The van der Waals surface area contributed by atoms with E-state index in [4.69, 9.17) is 4.74 Å². The predicted octanol–water partition coefficient (Wildman–Crippen LogP) is 2.24. The Labute approximate surface area is 110 Å². The van der Waals surface area contributed by atoms with Crippen LogP contribution in [0, 0.1) is 5.92 Å². The van der Waals surface area contributed by atoms with E-state index < -0.39 is 0 Å². The van der Waals surface area contributed by atoms with Crippen molar-refractivity contribution in [1.29, 1.82) is 0 Å². The molecule has 1 amide bonds. The highest BCUT2D eigenvalue weighted by Gasteiger charge is 2.18. The average Bonchev–Trinajstić information content (AvgIpc) is 2.35. The minimum absolute atomic E-state index is 0.0976. The minimum Gasteiger partial charge on any atom is -0.494 e. The van der Waals surface area contributed by atoms with E-state index in [1.165, 1.54) is 13.3 Å². The molecule has 0 bridgehead atoms. The third kappa shape index (κ3) is 3.70. The zero-order valence-electron chi connectivity index (χ0n) is 10.2. The first-order valence-electron chi connectivity index (χ1n) is 5.45. The number of rotatable bonds is 5. The van der Waals surface area contributed by atoms with Crippen molar-refractivity contribution in [1.82, 2.24) is 10.3 Å². The molecule has 0 aromatic carbocycles. The van der Waals surface area contributed by atoms with Gasteiger partial charge in [-0.15, -0.1) is 0 Å². The molecule has 0 spiro atoms. The smallest absolute Gasteiger partial charge is 0.255 e. The number of halogens is 1. The molecule has 5 heteroatoms. The topological polar surface area (TPSA) is 51.2 Å². The maximum absolute atomic E-state index is 12.1. The summed E-state index contributed by atoms with van der Waals surface area (Å²) >= 11 is 3.39. The number of pyridine rings is 1. The molecule has 1 N–H and O–H groups in total. The third-order valence-corrected chi connectivity index (χ3v) is 3.23. The van der Waals surface area contributed by atoms with Gasteiger partial charge in [-0.1, -0.05) is 29.8 Å². The molecule has 94 valence electrons. The molecule has 1 atom stereocenters. The molecule has 1 aromatic rings. The number of alkyl halides is 1. The third-order valence-electron chi connectivity index (χ3n) is 2.54. The molecule has 0 radical (unpaired) electrons. The molecule has 0 saturated heterocycles. The van der Waals surface area contributed by atoms with Gasteiger partial charge in [0, 0.05) is 17.6 Å². The van der Waals surface area contributed by atoms with Gasteiger partial charge in [0.15, 0.2) is 0 Å². The molecule has 0 aliphatic rings. The highest BCUT2D eigenvalue weighted by molar-refractivity contribution is 9.09. The first-order valence-corrected chi connectivity index (χ1v) is 6.57. The van der Waals surface area contributed by atoms with E-state index in [-0.39, 0.29) is 11.9 Å². The monoisotopic (exact) mass is 300 g/mol. The first kappa shape index (κ1) is 14.0. The van der Waals surface area contributed by atoms with E-state index in [0.717, 1.165) is 5.33 Å². The molecule has 0 saturated carbocycles. The second-order valence-corrected chi connectivity index (χ2v) is 4.70. The Hall–Kier alpha value is -1.10. The van der Waals surface area contributed by atoms with E-state index in [1.807, 2.05) is 0 Å². The van der Waals surface area contributed by atoms with Crippen LogP contribution in [0.4, 0.5) is 0 Å². The number of hydrogen-bond acceptors (Lipinski definition) is 3. The number of ether oxygens (including phenoxy) is 1. The van der Waals surface area contributed by atoms with Crippen molar-refractivity contribution in [2.75, 3.05) is 12.4 Å². The van der Waals surface area contributed by atoms with E-state index >= 15 is 0 Å². The lowest BCUT2D eigenvalue weighted by Gasteiger charge is -2.20. The Balaban J connectivity index is 2.82. The van der Waals surface area contributed by atoms with Crippen LogP contribution in [0.25, 0.3) is 0 Å². The van der Waals surface area contributed by atoms with Gasteiger partial charge in [0.1, 0.15) is 5.75 Å². The Kier molecular flexibility index (Phi) is 5.41. The Bertz CT molecular complexity index is 383. The van der Waals surface area contributed by atoms with Crippen LogP contribution in [0.15, 0.2) is 18.5 Å². The van der Waals surface area contributed by atoms with Gasteiger partial charge in [-0.3, -0.25) is 9.78 Å². The summed E-state index contributed by atoms with van der Waals surface area (Å²) in [5, 5.41) is 3.69. The van der Waals surface area contributed by atoms with Gasteiger partial charge in [0.05, 0.1) is 18.9 Å². The SMILES string of the molecule is COc1cnccc1C(=O)NC(CBr)C(C)C. The molecular weight excluding hydrogens is 284 g/mol. The first-order chi connectivity index (χ1) is 8.10. The molecule has 1 rings (SSSR count). The number of nitrogens with zero attached hydrogens (tertiary/aromatic N) is 1. The number of amides is 1. The van der Waals surface area contributed by atoms with E-state index in [9.17, 15) is 4.79 Å². The van der Waals surface area contributed by atoms with Crippen molar-refractivity contribution in [3.8, 4) is 5.75 Å². The number of carbonyl (C=O) groups excluding carboxylic acids is 1. The lowest BCUT2D eigenvalue weighted by atomic mass is 10.1. The van der Waals surface area contributed by atoms with Gasteiger partial charge >= 0.3 is 0 Å². The quantitative estimate of drug-likeness (QED) is 0.849. The van der Waals surface area contributed by atoms with Crippen molar-refractivity contribution >= 4 is 21.8 Å². The Morgan fingerprint density at radius 1 is 1.59 bits per heavy atom. The molecule has 1 unspecified atom stereocenters. The van der Waals surface area contributed by atoms with Crippen molar-refractivity contribution in [2.24, 2.45) is 5.92 Å². The summed E-state index contributed by atoms with van der Waals surface area (Å²) in [7, 11) is 1.53. The minimum atomic E-state index is -0.137. The molecule has 4 nitrogen and oxygen atoms in total. The summed E-state index contributed by atoms with van der Waals surface area (Å²) in [5.41, 5.74) is 0.508. The number of methoxy groups -OCH3 is 1. The molecule has 17 heavy (non-hydrogen) atoms. The normalized spacial score (nSPS) is 12.3. The highest BCUT2D eigenvalue weighted by Crippen LogP contribution is 2.16. The zero-order chi connectivity index (χ0) is 12.8. The summed E-state index contributed by atoms with van der Waals surface area (Å²) in [5.74, 6) is 0.718. The fourth-order valence-electron chi connectivity index (χ4n) is 1.36. The van der Waals surface area contributed by atoms with E-state index in [0.29, 0.717) is 17.2 Å². The van der Waals surface area contributed by atoms with Gasteiger partial charge in [-0.05, 0) is 12.0 Å². The van der Waals surface area contributed by atoms with Gasteiger partial charge in [0.2, 0.25) is 0 Å². The van der Waals surface area contributed by atoms with Crippen LogP contribution in [-0.2, 0) is 0 Å². The van der Waals surface area contributed by atoms with Crippen molar-refractivity contribution in [3.05, 3.63) is 24.0 Å². The van der Waals surface area contributed by atoms with Crippen LogP contribution in [-0.4, -0.2) is 29.4 Å². The van der Waals surface area contributed by atoms with E-state index in [2.05, 4.69) is 40.1 Å². The number of aromatic nitrogens is 1. The lowest BCUT2D eigenvalue weighted by molar-refractivity contribution is 0.0928. The van der Waals surface area contributed by atoms with Gasteiger partial charge in [0.25, 0.3) is 5.91 Å². The molecule has 0 fully saturated rings. The number of carbonyl (C=O) groups is 1. The van der Waals surface area contributed by atoms with Crippen molar-refractivity contribution < 1.29 is 9.53 Å². The molecule has 1 heterocycles. The van der Waals surface area contributed by atoms with E-state index in [1.54, 1.807) is 12.3 Å². The summed E-state index contributed by atoms with van der Waals surface area (Å²) in [6.45, 7) is 4.13. The predicted molar refractivity (Wildman–Crippen MR) is 70.7 cm³/mol. The second kappa shape index (κ2) is 6.59. The molecule has 1 aromatic heterocycles. The fraction of sp³-hybridized carbons (Fsp3) is 0.500. The standard InChI is InChI=1S/C12H17BrN2O2/c1-8(2)10(6-13)15-12(16)9-4-5-14-7-11(9)17-3/h4-5,7-8,10H,6H2,1-3H3,(H,15,16). The van der Waals surface area contributed by atoms with Crippen LogP contribution >= 0.6 is 15.9 Å². The van der Waals surface area contributed by atoms with Gasteiger partial charge in [-0.25, -0.2) is 0 Å². The van der Waals surface area contributed by atoms with Crippen LogP contribution in [0.1, 0.15) is 24.2 Å². The van der Waals surface area contributed by atoms with Gasteiger partial charge in [-0.2, -0.15) is 0 Å². The maximum Gasteiger partial charge on any atom is 0.255 e. The van der Waals surface area contributed by atoms with Crippen LogP contribution < -0.4 is 10.1 Å². The molecule has 0 aliphatic carbocycles. The van der Waals surface area contributed by atoms with Crippen molar-refractivity contribution in [3.63, 3.8) is 0 Å². The fourth-order valence-corrected chi connectivity index (χ4v) is 2.27. The summed E-state index contributed by atoms with van der Waals surface area (Å²) < 4.78 is 5.11. The Morgan fingerprint density at radius 2 is 2.29 bits per heavy atom. The lowest BCUT2D eigenvalue weighted by Crippen LogP contribution is -2.39. The van der Waals surface area contributed by atoms with Crippen LogP contribution in [0.3, 0.4) is 0 Å². The maximum atomic E-state index is 12.1. The van der Waals surface area contributed by atoms with Crippen molar-refractivity contribution in [2.45, 2.75) is 19.9 Å². The summed E-state index contributed by atoms with van der Waals surface area (Å²) in [6.07, 6.45) is 3.11. The highest BCUT2D eigenvalue weighted by atomic mass is 79.9. The molecular formula is C12H17BrN2O2.